The Morgan fingerprint density at radius 3 is 2.64 bits per heavy atom. The Kier molecular flexibility index (Phi) is 6.36. The van der Waals surface area contributed by atoms with Gasteiger partial charge in [-0.2, -0.15) is 0 Å². The molecular weight excluding hydrogens is 442 g/mol. The van der Waals surface area contributed by atoms with Crippen molar-refractivity contribution in [3.05, 3.63) is 48.0 Å². The molecule has 3 aromatic rings. The van der Waals surface area contributed by atoms with Gasteiger partial charge in [-0.3, -0.25) is 9.36 Å². The third-order valence-corrected chi connectivity index (χ3v) is 6.35. The third kappa shape index (κ3) is 4.76. The lowest BCUT2D eigenvalue weighted by Gasteiger charge is -2.28. The van der Waals surface area contributed by atoms with Crippen LogP contribution in [0.15, 0.2) is 47.6 Å². The minimum Gasteiger partial charge on any atom is -0.486 e. The van der Waals surface area contributed by atoms with Crippen molar-refractivity contribution in [3.8, 4) is 17.2 Å². The van der Waals surface area contributed by atoms with Gasteiger partial charge in [0.05, 0.1) is 24.7 Å². The van der Waals surface area contributed by atoms with Crippen LogP contribution >= 0.6 is 11.8 Å². The molecule has 2 aliphatic heterocycles. The quantitative estimate of drug-likeness (QED) is 0.554. The van der Waals surface area contributed by atoms with Crippen molar-refractivity contribution in [2.75, 3.05) is 55.5 Å². The Labute approximate surface area is 196 Å². The molecule has 1 amide bonds. The predicted molar refractivity (Wildman–Crippen MR) is 126 cm³/mol. The fraction of sp³-hybridized carbons (Fsp3) is 0.348. The van der Waals surface area contributed by atoms with Crippen LogP contribution in [0.2, 0.25) is 0 Å². The van der Waals surface area contributed by atoms with E-state index in [2.05, 4.69) is 33.4 Å². The Morgan fingerprint density at radius 2 is 1.82 bits per heavy atom. The van der Waals surface area contributed by atoms with Gasteiger partial charge in [0, 0.05) is 24.8 Å². The first-order valence-corrected chi connectivity index (χ1v) is 11.8. The number of hydrogen-bond acceptors (Lipinski definition) is 8. The molecule has 0 bridgehead atoms. The van der Waals surface area contributed by atoms with Crippen molar-refractivity contribution in [1.82, 2.24) is 14.8 Å². The SMILES string of the molecule is Cc1ccccc1-n1c(SCC(=O)Nc2ccc3c(c2)OCCO3)nnc1N1CCOCC1. The summed E-state index contributed by atoms with van der Waals surface area (Å²) in [6, 6.07) is 13.5. The highest BCUT2D eigenvalue weighted by molar-refractivity contribution is 7.99. The van der Waals surface area contributed by atoms with Crippen LogP contribution in [0.4, 0.5) is 11.6 Å². The maximum Gasteiger partial charge on any atom is 0.234 e. The minimum atomic E-state index is -0.135. The molecule has 1 saturated heterocycles. The van der Waals surface area contributed by atoms with Gasteiger partial charge in [0.15, 0.2) is 16.7 Å². The summed E-state index contributed by atoms with van der Waals surface area (Å²) in [5, 5.41) is 12.5. The van der Waals surface area contributed by atoms with Crippen LogP contribution in [0, 0.1) is 6.92 Å². The van der Waals surface area contributed by atoms with E-state index in [1.54, 1.807) is 12.1 Å². The molecule has 0 saturated carbocycles. The second kappa shape index (κ2) is 9.72. The van der Waals surface area contributed by atoms with Crippen LogP contribution < -0.4 is 19.7 Å². The summed E-state index contributed by atoms with van der Waals surface area (Å²) in [4.78, 5) is 14.9. The first kappa shape index (κ1) is 21.6. The molecule has 1 aromatic heterocycles. The van der Waals surface area contributed by atoms with Gasteiger partial charge < -0.3 is 24.4 Å². The van der Waals surface area contributed by atoms with Crippen LogP contribution in [0.25, 0.3) is 5.69 Å². The average Bonchev–Trinajstić information content (AvgIpc) is 3.27. The number of nitrogens with zero attached hydrogens (tertiary/aromatic N) is 4. The summed E-state index contributed by atoms with van der Waals surface area (Å²) < 4.78 is 18.7. The topological polar surface area (TPSA) is 90.7 Å². The Balaban J connectivity index is 1.33. The minimum absolute atomic E-state index is 0.135. The molecule has 5 rings (SSSR count). The molecule has 0 atom stereocenters. The van der Waals surface area contributed by atoms with Crippen LogP contribution in [0.1, 0.15) is 5.56 Å². The third-order valence-electron chi connectivity index (χ3n) is 5.42. The molecule has 1 N–H and O–H groups in total. The second-order valence-electron chi connectivity index (χ2n) is 7.70. The van der Waals surface area contributed by atoms with E-state index in [-0.39, 0.29) is 11.7 Å². The standard InChI is InChI=1S/C23H25N5O4S/c1-16-4-2-3-5-18(16)28-22(27-8-10-30-11-9-27)25-26-23(28)33-15-21(29)24-17-6-7-19-20(14-17)32-13-12-31-19/h2-7,14H,8-13,15H2,1H3,(H,24,29). The van der Waals surface area contributed by atoms with Crippen molar-refractivity contribution < 1.29 is 19.0 Å². The number of hydrogen-bond donors (Lipinski definition) is 1. The van der Waals surface area contributed by atoms with Crippen LogP contribution in [-0.2, 0) is 9.53 Å². The number of morpholine rings is 1. The molecule has 1 fully saturated rings. The average molecular weight is 468 g/mol. The molecule has 2 aliphatic rings. The molecule has 9 nitrogen and oxygen atoms in total. The second-order valence-corrected chi connectivity index (χ2v) is 8.64. The van der Waals surface area contributed by atoms with Crippen LogP contribution in [0.3, 0.4) is 0 Å². The van der Waals surface area contributed by atoms with Gasteiger partial charge in [-0.05, 0) is 30.7 Å². The zero-order chi connectivity index (χ0) is 22.6. The van der Waals surface area contributed by atoms with Gasteiger partial charge in [0.25, 0.3) is 0 Å². The smallest absolute Gasteiger partial charge is 0.234 e. The van der Waals surface area contributed by atoms with E-state index in [1.165, 1.54) is 11.8 Å². The fourth-order valence-electron chi connectivity index (χ4n) is 3.80. The lowest BCUT2D eigenvalue weighted by atomic mass is 10.2. The lowest BCUT2D eigenvalue weighted by Crippen LogP contribution is -2.38. The summed E-state index contributed by atoms with van der Waals surface area (Å²) in [6.07, 6.45) is 0. The number of fused-ring (bicyclic) bond motifs is 1. The van der Waals surface area contributed by atoms with Crippen LogP contribution in [0.5, 0.6) is 11.5 Å². The Bertz CT molecular complexity index is 1150. The van der Waals surface area contributed by atoms with E-state index < -0.39 is 0 Å². The van der Waals surface area contributed by atoms with Crippen molar-refractivity contribution in [2.24, 2.45) is 0 Å². The zero-order valence-corrected chi connectivity index (χ0v) is 19.1. The van der Waals surface area contributed by atoms with Crippen molar-refractivity contribution in [2.45, 2.75) is 12.1 Å². The molecule has 0 unspecified atom stereocenters. The van der Waals surface area contributed by atoms with Crippen molar-refractivity contribution >= 4 is 29.3 Å². The highest BCUT2D eigenvalue weighted by Crippen LogP contribution is 2.33. The summed E-state index contributed by atoms with van der Waals surface area (Å²) in [5.41, 5.74) is 2.77. The number of aryl methyl sites for hydroxylation is 1. The van der Waals surface area contributed by atoms with E-state index in [0.29, 0.717) is 48.8 Å². The number of carbonyl (C=O) groups is 1. The van der Waals surface area contributed by atoms with Gasteiger partial charge >= 0.3 is 0 Å². The summed E-state index contributed by atoms with van der Waals surface area (Å²) in [6.45, 7) is 5.89. The number of aromatic nitrogens is 3. The molecule has 0 aliphatic carbocycles. The normalized spacial score (nSPS) is 15.4. The number of carbonyl (C=O) groups excluding carboxylic acids is 1. The van der Waals surface area contributed by atoms with E-state index in [1.807, 2.05) is 28.8 Å². The highest BCUT2D eigenvalue weighted by Gasteiger charge is 2.23. The van der Waals surface area contributed by atoms with Gasteiger partial charge in [0.1, 0.15) is 13.2 Å². The Hall–Kier alpha value is -3.24. The maximum atomic E-state index is 12.7. The number of ether oxygens (including phenoxy) is 3. The Morgan fingerprint density at radius 1 is 1.03 bits per heavy atom. The van der Waals surface area contributed by atoms with Gasteiger partial charge in [-0.25, -0.2) is 0 Å². The number of para-hydroxylation sites is 1. The number of nitrogens with one attached hydrogen (secondary N) is 1. The largest absolute Gasteiger partial charge is 0.486 e. The summed E-state index contributed by atoms with van der Waals surface area (Å²) >= 11 is 1.36. The van der Waals surface area contributed by atoms with Crippen LogP contribution in [-0.4, -0.2) is 65.9 Å². The number of rotatable bonds is 6. The van der Waals surface area contributed by atoms with E-state index in [0.717, 1.165) is 30.3 Å². The van der Waals surface area contributed by atoms with Gasteiger partial charge in [-0.1, -0.05) is 30.0 Å². The number of thioether (sulfide) groups is 1. The molecule has 10 heteroatoms. The van der Waals surface area contributed by atoms with E-state index in [9.17, 15) is 4.79 Å². The highest BCUT2D eigenvalue weighted by atomic mass is 32.2. The number of anilines is 2. The maximum absolute atomic E-state index is 12.7. The molecule has 0 radical (unpaired) electrons. The zero-order valence-electron chi connectivity index (χ0n) is 18.3. The molecule has 172 valence electrons. The number of amides is 1. The number of benzene rings is 2. The molecule has 3 heterocycles. The fourth-order valence-corrected chi connectivity index (χ4v) is 4.54. The first-order chi connectivity index (χ1) is 16.2. The predicted octanol–water partition coefficient (Wildman–Crippen LogP) is 2.91. The van der Waals surface area contributed by atoms with Gasteiger partial charge in [-0.15, -0.1) is 10.2 Å². The van der Waals surface area contributed by atoms with Gasteiger partial charge in [0.2, 0.25) is 11.9 Å². The molecular formula is C23H25N5O4S. The molecule has 33 heavy (non-hydrogen) atoms. The molecule has 2 aromatic carbocycles. The first-order valence-electron chi connectivity index (χ1n) is 10.9. The van der Waals surface area contributed by atoms with Crippen molar-refractivity contribution in [3.63, 3.8) is 0 Å². The van der Waals surface area contributed by atoms with E-state index >= 15 is 0 Å². The lowest BCUT2D eigenvalue weighted by molar-refractivity contribution is -0.113. The summed E-state index contributed by atoms with van der Waals surface area (Å²) in [7, 11) is 0. The van der Waals surface area contributed by atoms with Crippen molar-refractivity contribution in [1.29, 1.82) is 0 Å². The monoisotopic (exact) mass is 467 g/mol. The van der Waals surface area contributed by atoms with E-state index in [4.69, 9.17) is 14.2 Å². The summed E-state index contributed by atoms with van der Waals surface area (Å²) in [5.74, 6) is 2.16. The molecule has 0 spiro atoms.